The Labute approximate surface area is 154 Å². The van der Waals surface area contributed by atoms with Crippen molar-refractivity contribution < 1.29 is 9.53 Å². The minimum Gasteiger partial charge on any atom is -0.481 e. The lowest BCUT2D eigenvalue weighted by atomic mass is 10.2. The fourth-order valence-corrected chi connectivity index (χ4v) is 2.80. The average molecular weight is 354 g/mol. The number of hydrogen-bond acceptors (Lipinski definition) is 5. The Hall–Kier alpha value is -2.60. The molecule has 1 aliphatic heterocycles. The molecule has 1 fully saturated rings. The van der Waals surface area contributed by atoms with E-state index in [-0.39, 0.29) is 5.91 Å². The van der Waals surface area contributed by atoms with Crippen LogP contribution in [0.3, 0.4) is 0 Å². The molecular formula is C20H26N4O2. The lowest BCUT2D eigenvalue weighted by Crippen LogP contribution is -2.44. The van der Waals surface area contributed by atoms with Crippen molar-refractivity contribution in [2.75, 3.05) is 43.4 Å². The van der Waals surface area contributed by atoms with Gasteiger partial charge in [-0.25, -0.2) is 4.98 Å². The first-order valence-corrected chi connectivity index (χ1v) is 8.95. The minimum absolute atomic E-state index is 0.195. The molecule has 0 radical (unpaired) electrons. The van der Waals surface area contributed by atoms with Gasteiger partial charge >= 0.3 is 0 Å². The van der Waals surface area contributed by atoms with Gasteiger partial charge in [-0.15, -0.1) is 0 Å². The summed E-state index contributed by atoms with van der Waals surface area (Å²) in [5.41, 5.74) is 1.83. The highest BCUT2D eigenvalue weighted by atomic mass is 16.5. The van der Waals surface area contributed by atoms with Crippen LogP contribution in [0.15, 0.2) is 42.6 Å². The van der Waals surface area contributed by atoms with Gasteiger partial charge in [-0.1, -0.05) is 17.7 Å². The van der Waals surface area contributed by atoms with E-state index in [1.165, 1.54) is 0 Å². The van der Waals surface area contributed by atoms with Gasteiger partial charge < -0.3 is 19.9 Å². The highest BCUT2D eigenvalue weighted by Crippen LogP contribution is 2.17. The van der Waals surface area contributed by atoms with E-state index in [4.69, 9.17) is 4.74 Å². The number of aromatic nitrogens is 1. The highest BCUT2D eigenvalue weighted by molar-refractivity contribution is 5.94. The van der Waals surface area contributed by atoms with Crippen LogP contribution in [0.4, 0.5) is 11.5 Å². The van der Waals surface area contributed by atoms with E-state index in [2.05, 4.69) is 27.1 Å². The Morgan fingerprint density at radius 1 is 1.12 bits per heavy atom. The fourth-order valence-electron chi connectivity index (χ4n) is 2.80. The summed E-state index contributed by atoms with van der Waals surface area (Å²) in [5.74, 6) is 1.43. The molecule has 1 aliphatic rings. The zero-order valence-electron chi connectivity index (χ0n) is 15.6. The predicted octanol–water partition coefficient (Wildman–Crippen LogP) is 2.55. The molecule has 0 aliphatic carbocycles. The molecule has 0 unspecified atom stereocenters. The van der Waals surface area contributed by atoms with E-state index in [0.717, 1.165) is 37.6 Å². The van der Waals surface area contributed by atoms with E-state index in [9.17, 15) is 4.79 Å². The number of likely N-dealkylation sites (N-methyl/N-ethyl adjacent to an activating group) is 1. The summed E-state index contributed by atoms with van der Waals surface area (Å²) in [4.78, 5) is 21.4. The zero-order valence-corrected chi connectivity index (χ0v) is 15.6. The summed E-state index contributed by atoms with van der Waals surface area (Å²) in [6.45, 7) is 7.76. The molecule has 1 saturated heterocycles. The molecule has 1 aromatic carbocycles. The third-order valence-corrected chi connectivity index (χ3v) is 4.55. The number of anilines is 2. The number of hydrogen-bond donors (Lipinski definition) is 1. The average Bonchev–Trinajstić information content (AvgIpc) is 2.65. The maximum absolute atomic E-state index is 12.3. The number of piperazine rings is 1. The highest BCUT2D eigenvalue weighted by Gasteiger charge is 2.17. The number of pyridine rings is 1. The van der Waals surface area contributed by atoms with Crippen LogP contribution in [0.25, 0.3) is 0 Å². The van der Waals surface area contributed by atoms with Crippen molar-refractivity contribution in [3.8, 4) is 5.75 Å². The SMILES string of the molecule is Cc1ccc(O[C@@H](C)C(=O)Nc2ccc(N3CCN(C)CC3)nc2)cc1. The molecule has 1 N–H and O–H groups in total. The molecular weight excluding hydrogens is 328 g/mol. The summed E-state index contributed by atoms with van der Waals surface area (Å²) in [5, 5.41) is 2.86. The van der Waals surface area contributed by atoms with Crippen LogP contribution >= 0.6 is 0 Å². The first-order valence-electron chi connectivity index (χ1n) is 8.95. The Kier molecular flexibility index (Phi) is 5.73. The van der Waals surface area contributed by atoms with E-state index in [1.807, 2.05) is 43.3 Å². The van der Waals surface area contributed by atoms with Gasteiger partial charge in [0, 0.05) is 26.2 Å². The van der Waals surface area contributed by atoms with Crippen molar-refractivity contribution in [2.45, 2.75) is 20.0 Å². The molecule has 0 bridgehead atoms. The number of carbonyl (C=O) groups excluding carboxylic acids is 1. The van der Waals surface area contributed by atoms with Gasteiger partial charge in [0.25, 0.3) is 5.91 Å². The number of ether oxygens (including phenoxy) is 1. The molecule has 6 heteroatoms. The van der Waals surface area contributed by atoms with Crippen molar-refractivity contribution in [1.29, 1.82) is 0 Å². The minimum atomic E-state index is -0.588. The second kappa shape index (κ2) is 8.19. The van der Waals surface area contributed by atoms with E-state index in [1.54, 1.807) is 13.1 Å². The molecule has 2 heterocycles. The smallest absolute Gasteiger partial charge is 0.265 e. The van der Waals surface area contributed by atoms with Crippen LogP contribution in [0, 0.1) is 6.92 Å². The number of benzene rings is 1. The van der Waals surface area contributed by atoms with Gasteiger partial charge in [0.15, 0.2) is 6.10 Å². The summed E-state index contributed by atoms with van der Waals surface area (Å²) in [7, 11) is 2.13. The van der Waals surface area contributed by atoms with Crippen molar-refractivity contribution in [1.82, 2.24) is 9.88 Å². The molecule has 1 aromatic heterocycles. The number of carbonyl (C=O) groups is 1. The van der Waals surface area contributed by atoms with Crippen LogP contribution in [0.5, 0.6) is 5.75 Å². The normalized spacial score (nSPS) is 16.2. The maximum atomic E-state index is 12.3. The Bertz CT molecular complexity index is 722. The molecule has 0 saturated carbocycles. The van der Waals surface area contributed by atoms with Crippen molar-refractivity contribution >= 4 is 17.4 Å². The quantitative estimate of drug-likeness (QED) is 0.894. The molecule has 1 atom stereocenters. The van der Waals surface area contributed by atoms with Gasteiger partial charge in [-0.05, 0) is 45.2 Å². The first-order chi connectivity index (χ1) is 12.5. The van der Waals surface area contributed by atoms with Crippen LogP contribution in [0.2, 0.25) is 0 Å². The number of nitrogens with one attached hydrogen (secondary N) is 1. The number of amides is 1. The Morgan fingerprint density at radius 2 is 1.81 bits per heavy atom. The maximum Gasteiger partial charge on any atom is 0.265 e. The fraction of sp³-hybridized carbons (Fsp3) is 0.400. The first kappa shape index (κ1) is 18.2. The van der Waals surface area contributed by atoms with Crippen LogP contribution < -0.4 is 15.0 Å². The second-order valence-electron chi connectivity index (χ2n) is 6.76. The van der Waals surface area contributed by atoms with Gasteiger partial charge in [-0.3, -0.25) is 4.79 Å². The molecule has 1 amide bonds. The number of nitrogens with zero attached hydrogens (tertiary/aromatic N) is 3. The van der Waals surface area contributed by atoms with E-state index < -0.39 is 6.10 Å². The Morgan fingerprint density at radius 3 is 2.42 bits per heavy atom. The number of aryl methyl sites for hydroxylation is 1. The van der Waals surface area contributed by atoms with Crippen molar-refractivity contribution in [2.24, 2.45) is 0 Å². The molecule has 138 valence electrons. The standard InChI is InChI=1S/C20H26N4O2/c1-15-4-7-18(8-5-15)26-16(2)20(25)22-17-6-9-19(21-14-17)24-12-10-23(3)11-13-24/h4-9,14,16H,10-13H2,1-3H3,(H,22,25)/t16-/m0/s1. The second-order valence-corrected chi connectivity index (χ2v) is 6.76. The van der Waals surface area contributed by atoms with Crippen LogP contribution in [-0.4, -0.2) is 55.1 Å². The van der Waals surface area contributed by atoms with E-state index in [0.29, 0.717) is 11.4 Å². The zero-order chi connectivity index (χ0) is 18.5. The largest absolute Gasteiger partial charge is 0.481 e. The molecule has 6 nitrogen and oxygen atoms in total. The van der Waals surface area contributed by atoms with Gasteiger partial charge in [0.1, 0.15) is 11.6 Å². The molecule has 2 aromatic rings. The van der Waals surface area contributed by atoms with Crippen LogP contribution in [0.1, 0.15) is 12.5 Å². The van der Waals surface area contributed by atoms with Crippen molar-refractivity contribution in [3.05, 3.63) is 48.2 Å². The van der Waals surface area contributed by atoms with Gasteiger partial charge in [0.05, 0.1) is 11.9 Å². The van der Waals surface area contributed by atoms with Crippen molar-refractivity contribution in [3.63, 3.8) is 0 Å². The van der Waals surface area contributed by atoms with Crippen LogP contribution in [-0.2, 0) is 4.79 Å². The molecule has 0 spiro atoms. The summed E-state index contributed by atoms with van der Waals surface area (Å²) < 4.78 is 5.69. The lowest BCUT2D eigenvalue weighted by molar-refractivity contribution is -0.122. The topological polar surface area (TPSA) is 57.7 Å². The molecule has 26 heavy (non-hydrogen) atoms. The molecule has 3 rings (SSSR count). The van der Waals surface area contributed by atoms with Gasteiger partial charge in [0.2, 0.25) is 0 Å². The monoisotopic (exact) mass is 354 g/mol. The number of rotatable bonds is 5. The third-order valence-electron chi connectivity index (χ3n) is 4.55. The lowest BCUT2D eigenvalue weighted by Gasteiger charge is -2.33. The van der Waals surface area contributed by atoms with Gasteiger partial charge in [-0.2, -0.15) is 0 Å². The Balaban J connectivity index is 1.54. The third kappa shape index (κ3) is 4.73. The summed E-state index contributed by atoms with van der Waals surface area (Å²) in [6, 6.07) is 11.5. The van der Waals surface area contributed by atoms with E-state index >= 15 is 0 Å². The predicted molar refractivity (Wildman–Crippen MR) is 104 cm³/mol. The summed E-state index contributed by atoms with van der Waals surface area (Å²) in [6.07, 6.45) is 1.11. The summed E-state index contributed by atoms with van der Waals surface area (Å²) >= 11 is 0.